The highest BCUT2D eigenvalue weighted by molar-refractivity contribution is 5.85. The highest BCUT2D eigenvalue weighted by Crippen LogP contribution is 2.14. The molecule has 1 aromatic carbocycles. The number of nitrogens with zero attached hydrogens (tertiary/aromatic N) is 1. The van der Waals surface area contributed by atoms with Crippen molar-refractivity contribution in [3.63, 3.8) is 0 Å². The van der Waals surface area contributed by atoms with Crippen LogP contribution in [-0.2, 0) is 0 Å². The fraction of sp³-hybridized carbons (Fsp3) is 0.630. The van der Waals surface area contributed by atoms with Crippen LogP contribution < -0.4 is 0 Å². The van der Waals surface area contributed by atoms with E-state index in [4.69, 9.17) is 0 Å². The van der Waals surface area contributed by atoms with Gasteiger partial charge in [-0.15, -0.1) is 19.0 Å². The maximum absolute atomic E-state index is 3.92. The molecule has 0 N–H and O–H groups in total. The lowest BCUT2D eigenvalue weighted by Gasteiger charge is -2.20. The quantitative estimate of drug-likeness (QED) is 0.190. The van der Waals surface area contributed by atoms with Crippen LogP contribution in [0.25, 0.3) is 6.08 Å². The van der Waals surface area contributed by atoms with Gasteiger partial charge < -0.3 is 4.90 Å². The number of hydrogen-bond donors (Lipinski definition) is 0. The Hall–Kier alpha value is -1.05. The van der Waals surface area contributed by atoms with Crippen molar-refractivity contribution in [2.45, 2.75) is 96.4 Å². The first-order chi connectivity index (χ1) is 13.7. The van der Waals surface area contributed by atoms with Gasteiger partial charge in [0.05, 0.1) is 0 Å². The van der Waals surface area contributed by atoms with Gasteiger partial charge >= 0.3 is 0 Å². The van der Waals surface area contributed by atoms with E-state index in [1.807, 2.05) is 36.4 Å². The molecule has 1 nitrogen and oxygen atoms in total. The molecule has 0 amide bonds. The van der Waals surface area contributed by atoms with E-state index in [1.54, 1.807) is 0 Å². The number of halogens is 1. The van der Waals surface area contributed by atoms with Gasteiger partial charge in [-0.2, -0.15) is 0 Å². The summed E-state index contributed by atoms with van der Waals surface area (Å²) < 4.78 is 0. The Labute approximate surface area is 189 Å². The van der Waals surface area contributed by atoms with E-state index in [0.29, 0.717) is 6.04 Å². The second-order valence-electron chi connectivity index (χ2n) is 8.06. The molecule has 1 unspecified atom stereocenters. The molecule has 2 heteroatoms. The molecule has 0 aliphatic heterocycles. The van der Waals surface area contributed by atoms with Crippen molar-refractivity contribution in [1.29, 1.82) is 0 Å². The largest absolute Gasteiger partial charge is 0.303 e. The first-order valence-corrected chi connectivity index (χ1v) is 11.6. The summed E-state index contributed by atoms with van der Waals surface area (Å²) in [5.74, 6) is 0. The molecule has 0 fully saturated rings. The molecule has 0 aliphatic rings. The Bertz CT molecular complexity index is 455. The van der Waals surface area contributed by atoms with Crippen LogP contribution in [-0.4, -0.2) is 25.0 Å². The highest BCUT2D eigenvalue weighted by Gasteiger charge is 2.05. The van der Waals surface area contributed by atoms with Crippen molar-refractivity contribution in [3.8, 4) is 0 Å². The van der Waals surface area contributed by atoms with Crippen molar-refractivity contribution < 1.29 is 0 Å². The molecule has 29 heavy (non-hydrogen) atoms. The van der Waals surface area contributed by atoms with Crippen molar-refractivity contribution in [1.82, 2.24) is 4.90 Å². The fourth-order valence-corrected chi connectivity index (χ4v) is 3.37. The molecule has 0 saturated heterocycles. The maximum Gasteiger partial charge on any atom is 0.0269 e. The SMILES string of the molecule is C=CC(CCCCCCCCCCCCCC)N(C)C.C=Cc1ccccc1.Cl. The van der Waals surface area contributed by atoms with Crippen molar-refractivity contribution in [3.05, 3.63) is 55.1 Å². The molecule has 0 bridgehead atoms. The maximum atomic E-state index is 3.92. The number of rotatable bonds is 16. The zero-order valence-electron chi connectivity index (χ0n) is 19.6. The summed E-state index contributed by atoms with van der Waals surface area (Å²) in [6, 6.07) is 10.6. The summed E-state index contributed by atoms with van der Waals surface area (Å²) in [7, 11) is 4.29. The molecule has 0 saturated carbocycles. The molecule has 1 atom stereocenters. The van der Waals surface area contributed by atoms with Crippen LogP contribution in [0.2, 0.25) is 0 Å². The van der Waals surface area contributed by atoms with E-state index in [9.17, 15) is 0 Å². The molecule has 1 rings (SSSR count). The summed E-state index contributed by atoms with van der Waals surface area (Å²) >= 11 is 0. The highest BCUT2D eigenvalue weighted by atomic mass is 35.5. The molecular formula is C27H48ClN. The molecule has 0 heterocycles. The van der Waals surface area contributed by atoms with Crippen molar-refractivity contribution in [2.75, 3.05) is 14.1 Å². The van der Waals surface area contributed by atoms with Gasteiger partial charge in [-0.05, 0) is 26.1 Å². The molecule has 0 aliphatic carbocycles. The Morgan fingerprint density at radius 3 is 1.55 bits per heavy atom. The fourth-order valence-electron chi connectivity index (χ4n) is 3.37. The standard InChI is InChI=1S/C19H39N.C8H8.ClH/c1-5-7-8-9-10-11-12-13-14-15-16-17-18-19(6-2)20(3)4;1-2-8-6-4-3-5-7-8;/h6,19H,2,5,7-18H2,1,3-4H3;2-7H,1H2;1H. The van der Waals surface area contributed by atoms with E-state index in [2.05, 4.69) is 45.2 Å². The van der Waals surface area contributed by atoms with E-state index < -0.39 is 0 Å². The Balaban J connectivity index is 0. The van der Waals surface area contributed by atoms with Gasteiger partial charge in [0.25, 0.3) is 0 Å². The number of unbranched alkanes of at least 4 members (excludes halogenated alkanes) is 11. The summed E-state index contributed by atoms with van der Waals surface area (Å²) in [6.07, 6.45) is 22.3. The predicted octanol–water partition coefficient (Wildman–Crippen LogP) is 8.95. The Morgan fingerprint density at radius 2 is 1.21 bits per heavy atom. The van der Waals surface area contributed by atoms with Crippen LogP contribution in [0.1, 0.15) is 96.0 Å². The first kappa shape index (κ1) is 30.1. The number of likely N-dealkylation sites (N-methyl/N-ethyl adjacent to an activating group) is 1. The smallest absolute Gasteiger partial charge is 0.0269 e. The van der Waals surface area contributed by atoms with E-state index in [1.165, 1.54) is 89.0 Å². The first-order valence-electron chi connectivity index (χ1n) is 11.6. The third kappa shape index (κ3) is 20.0. The molecular weight excluding hydrogens is 374 g/mol. The molecule has 0 aromatic heterocycles. The average Bonchev–Trinajstić information content (AvgIpc) is 2.72. The molecule has 1 aromatic rings. The summed E-state index contributed by atoms with van der Waals surface area (Å²) in [5.41, 5.74) is 1.17. The van der Waals surface area contributed by atoms with Gasteiger partial charge in [-0.25, -0.2) is 0 Å². The van der Waals surface area contributed by atoms with Crippen LogP contribution in [0.15, 0.2) is 49.6 Å². The van der Waals surface area contributed by atoms with E-state index in [-0.39, 0.29) is 12.4 Å². The van der Waals surface area contributed by atoms with E-state index >= 15 is 0 Å². The van der Waals surface area contributed by atoms with E-state index in [0.717, 1.165) is 0 Å². The lowest BCUT2D eigenvalue weighted by molar-refractivity contribution is 0.319. The second-order valence-corrected chi connectivity index (χ2v) is 8.06. The number of benzene rings is 1. The lowest BCUT2D eigenvalue weighted by atomic mass is 10.0. The normalized spacial score (nSPS) is 11.2. The third-order valence-corrected chi connectivity index (χ3v) is 5.32. The number of hydrogen-bond acceptors (Lipinski definition) is 1. The molecule has 0 spiro atoms. The van der Waals surface area contributed by atoms with Crippen LogP contribution in [0.5, 0.6) is 0 Å². The lowest BCUT2D eigenvalue weighted by Crippen LogP contribution is -2.25. The zero-order valence-corrected chi connectivity index (χ0v) is 20.4. The summed E-state index contributed by atoms with van der Waals surface area (Å²) in [4.78, 5) is 2.27. The zero-order chi connectivity index (χ0) is 20.9. The predicted molar refractivity (Wildman–Crippen MR) is 137 cm³/mol. The molecule has 168 valence electrons. The van der Waals surface area contributed by atoms with Gasteiger partial charge in [0.2, 0.25) is 0 Å². The summed E-state index contributed by atoms with van der Waals surface area (Å²) in [6.45, 7) is 9.83. The topological polar surface area (TPSA) is 3.24 Å². The monoisotopic (exact) mass is 421 g/mol. The second kappa shape index (κ2) is 23.2. The van der Waals surface area contributed by atoms with Gasteiger partial charge in [0.15, 0.2) is 0 Å². The Morgan fingerprint density at radius 1 is 0.759 bits per heavy atom. The van der Waals surface area contributed by atoms with Gasteiger partial charge in [-0.3, -0.25) is 0 Å². The minimum Gasteiger partial charge on any atom is -0.303 e. The summed E-state index contributed by atoms with van der Waals surface area (Å²) in [5, 5.41) is 0. The molecule has 0 radical (unpaired) electrons. The van der Waals surface area contributed by atoms with Gasteiger partial charge in [-0.1, -0.05) is 133 Å². The van der Waals surface area contributed by atoms with Crippen LogP contribution in [0.4, 0.5) is 0 Å². The van der Waals surface area contributed by atoms with Crippen LogP contribution in [0.3, 0.4) is 0 Å². The van der Waals surface area contributed by atoms with Gasteiger partial charge in [0, 0.05) is 6.04 Å². The van der Waals surface area contributed by atoms with Crippen LogP contribution in [0, 0.1) is 0 Å². The minimum atomic E-state index is 0. The minimum absolute atomic E-state index is 0. The average molecular weight is 422 g/mol. The van der Waals surface area contributed by atoms with Crippen molar-refractivity contribution >= 4 is 18.5 Å². The van der Waals surface area contributed by atoms with Crippen molar-refractivity contribution in [2.24, 2.45) is 0 Å². The van der Waals surface area contributed by atoms with Crippen LogP contribution >= 0.6 is 12.4 Å². The Kier molecular flexibility index (Phi) is 24.1. The third-order valence-electron chi connectivity index (χ3n) is 5.32. The van der Waals surface area contributed by atoms with Gasteiger partial charge in [0.1, 0.15) is 0 Å².